The minimum atomic E-state index is -0.0184. The Morgan fingerprint density at radius 3 is 3.10 bits per heavy atom. The lowest BCUT2D eigenvalue weighted by Gasteiger charge is -2.28. The number of aromatic amines is 1. The second-order valence-electron chi connectivity index (χ2n) is 5.36. The molecule has 0 aliphatic carbocycles. The summed E-state index contributed by atoms with van der Waals surface area (Å²) in [5.74, 6) is -0.0184. The molecule has 0 saturated heterocycles. The average molecular weight is 350 g/mol. The Kier molecular flexibility index (Phi) is 3.71. The predicted molar refractivity (Wildman–Crippen MR) is 83.8 cm³/mol. The summed E-state index contributed by atoms with van der Waals surface area (Å²) in [6.45, 7) is 1.40. The number of carbonyl (C=O) groups excluding carboxylic acids is 2. The Morgan fingerprint density at radius 2 is 2.33 bits per heavy atom. The molecule has 2 aromatic rings. The van der Waals surface area contributed by atoms with Crippen molar-refractivity contribution in [3.8, 4) is 0 Å². The van der Waals surface area contributed by atoms with Crippen LogP contribution in [-0.4, -0.2) is 47.2 Å². The first-order chi connectivity index (χ1) is 10.1. The summed E-state index contributed by atoms with van der Waals surface area (Å²) in [6, 6.07) is 6.19. The largest absolute Gasteiger partial charge is 0.357 e. The molecule has 0 radical (unpaired) electrons. The fourth-order valence-electron chi connectivity index (χ4n) is 2.78. The first-order valence-electron chi connectivity index (χ1n) is 6.81. The van der Waals surface area contributed by atoms with Crippen molar-refractivity contribution in [2.24, 2.45) is 0 Å². The summed E-state index contributed by atoms with van der Waals surface area (Å²) in [4.78, 5) is 29.3. The Hall–Kier alpha value is -1.82. The van der Waals surface area contributed by atoms with E-state index in [1.807, 2.05) is 6.07 Å². The molecule has 2 amide bonds. The van der Waals surface area contributed by atoms with Gasteiger partial charge >= 0.3 is 0 Å². The zero-order valence-electron chi connectivity index (χ0n) is 11.7. The van der Waals surface area contributed by atoms with Crippen LogP contribution in [0.4, 0.5) is 0 Å². The van der Waals surface area contributed by atoms with Gasteiger partial charge in [-0.2, -0.15) is 0 Å². The van der Waals surface area contributed by atoms with E-state index in [1.54, 1.807) is 11.9 Å². The van der Waals surface area contributed by atoms with Crippen LogP contribution in [0.3, 0.4) is 0 Å². The fraction of sp³-hybridized carbons (Fsp3) is 0.333. The van der Waals surface area contributed by atoms with Crippen molar-refractivity contribution in [1.82, 2.24) is 14.8 Å². The number of H-pyrrole nitrogens is 1. The smallest absolute Gasteiger partial charge is 0.242 e. The van der Waals surface area contributed by atoms with Gasteiger partial charge < -0.3 is 14.8 Å². The van der Waals surface area contributed by atoms with Gasteiger partial charge in [0.25, 0.3) is 0 Å². The first kappa shape index (κ1) is 14.1. The lowest BCUT2D eigenvalue weighted by molar-refractivity contribution is -0.135. The molecule has 1 aromatic heterocycles. The van der Waals surface area contributed by atoms with Crippen LogP contribution >= 0.6 is 15.9 Å². The van der Waals surface area contributed by atoms with Crippen molar-refractivity contribution in [2.75, 3.05) is 20.1 Å². The van der Waals surface area contributed by atoms with Crippen molar-refractivity contribution in [3.05, 3.63) is 33.9 Å². The molecule has 1 aliphatic rings. The normalized spacial score (nSPS) is 14.1. The number of fused-ring (bicyclic) bond motifs is 3. The average Bonchev–Trinajstić information content (AvgIpc) is 2.83. The number of likely N-dealkylation sites (N-methyl/N-ethyl adjacent to an activating group) is 1. The molecule has 110 valence electrons. The number of carbonyl (C=O) groups is 2. The van der Waals surface area contributed by atoms with Gasteiger partial charge in [-0.15, -0.1) is 0 Å². The van der Waals surface area contributed by atoms with E-state index < -0.39 is 0 Å². The Labute approximate surface area is 131 Å². The van der Waals surface area contributed by atoms with Gasteiger partial charge in [-0.25, -0.2) is 0 Å². The van der Waals surface area contributed by atoms with Crippen LogP contribution in [0.2, 0.25) is 0 Å². The molecule has 0 atom stereocenters. The van der Waals surface area contributed by atoms with Crippen LogP contribution in [0.25, 0.3) is 10.9 Å². The number of benzene rings is 1. The van der Waals surface area contributed by atoms with Crippen molar-refractivity contribution in [1.29, 1.82) is 0 Å². The van der Waals surface area contributed by atoms with E-state index in [0.717, 1.165) is 22.1 Å². The Bertz CT molecular complexity index is 710. The molecule has 0 spiro atoms. The maximum atomic E-state index is 12.2. The third-order valence-corrected chi connectivity index (χ3v) is 4.35. The topological polar surface area (TPSA) is 56.4 Å². The number of rotatable bonds is 3. The molecule has 6 heteroatoms. The monoisotopic (exact) mass is 349 g/mol. The summed E-state index contributed by atoms with van der Waals surface area (Å²) in [5.41, 5.74) is 3.48. The quantitative estimate of drug-likeness (QED) is 0.860. The Morgan fingerprint density at radius 1 is 1.52 bits per heavy atom. The molecule has 0 fully saturated rings. The standard InChI is InChI=1S/C15H16BrN3O2/c1-18(9-20)8-15(21)19-5-4-12-11-3-2-10(16)6-13(11)17-14(12)7-19/h2-3,6,9,17H,4-5,7-8H2,1H3. The SMILES string of the molecule is CN(C=O)CC(=O)N1CCc2c([nH]c3cc(Br)ccc23)C1. The number of amides is 2. The first-order valence-corrected chi connectivity index (χ1v) is 7.60. The third-order valence-electron chi connectivity index (χ3n) is 3.85. The molecule has 0 unspecified atom stereocenters. The molecule has 1 N–H and O–H groups in total. The highest BCUT2D eigenvalue weighted by Crippen LogP contribution is 2.29. The molecular weight excluding hydrogens is 334 g/mol. The van der Waals surface area contributed by atoms with Gasteiger partial charge in [-0.3, -0.25) is 9.59 Å². The lowest BCUT2D eigenvalue weighted by atomic mass is 10.0. The molecule has 1 aromatic carbocycles. The number of nitrogens with zero attached hydrogens (tertiary/aromatic N) is 2. The van der Waals surface area contributed by atoms with Gasteiger partial charge in [0, 0.05) is 34.7 Å². The van der Waals surface area contributed by atoms with Crippen molar-refractivity contribution < 1.29 is 9.59 Å². The number of hydrogen-bond donors (Lipinski definition) is 1. The van der Waals surface area contributed by atoms with Gasteiger partial charge in [0.1, 0.15) is 0 Å². The summed E-state index contributed by atoms with van der Waals surface area (Å²) in [5, 5.41) is 1.23. The highest BCUT2D eigenvalue weighted by molar-refractivity contribution is 9.10. The van der Waals surface area contributed by atoms with Crippen LogP contribution in [0.15, 0.2) is 22.7 Å². The number of nitrogens with one attached hydrogen (secondary N) is 1. The molecular formula is C15H16BrN3O2. The molecule has 3 rings (SSSR count). The predicted octanol–water partition coefficient (Wildman–Crippen LogP) is 1.90. The van der Waals surface area contributed by atoms with E-state index in [1.165, 1.54) is 15.8 Å². The zero-order chi connectivity index (χ0) is 15.0. The van der Waals surface area contributed by atoms with Gasteiger partial charge in [-0.05, 0) is 24.1 Å². The maximum Gasteiger partial charge on any atom is 0.242 e. The summed E-state index contributed by atoms with van der Waals surface area (Å²) in [6.07, 6.45) is 1.52. The maximum absolute atomic E-state index is 12.2. The van der Waals surface area contributed by atoms with Crippen LogP contribution in [-0.2, 0) is 22.6 Å². The molecule has 21 heavy (non-hydrogen) atoms. The van der Waals surface area contributed by atoms with Crippen LogP contribution in [0, 0.1) is 0 Å². The minimum Gasteiger partial charge on any atom is -0.357 e. The highest BCUT2D eigenvalue weighted by Gasteiger charge is 2.24. The van der Waals surface area contributed by atoms with Crippen LogP contribution in [0.5, 0.6) is 0 Å². The number of hydrogen-bond acceptors (Lipinski definition) is 2. The summed E-state index contributed by atoms with van der Waals surface area (Å²) >= 11 is 3.47. The van der Waals surface area contributed by atoms with Gasteiger partial charge in [0.2, 0.25) is 12.3 Å². The second kappa shape index (κ2) is 5.52. The number of aromatic nitrogens is 1. The lowest BCUT2D eigenvalue weighted by Crippen LogP contribution is -2.41. The van der Waals surface area contributed by atoms with E-state index in [-0.39, 0.29) is 12.5 Å². The molecule has 2 heterocycles. The third kappa shape index (κ3) is 2.68. The van der Waals surface area contributed by atoms with Crippen molar-refractivity contribution in [3.63, 3.8) is 0 Å². The molecule has 5 nitrogen and oxygen atoms in total. The minimum absolute atomic E-state index is 0.0184. The molecule has 1 aliphatic heterocycles. The van der Waals surface area contributed by atoms with E-state index in [9.17, 15) is 9.59 Å². The van der Waals surface area contributed by atoms with E-state index >= 15 is 0 Å². The van der Waals surface area contributed by atoms with Crippen molar-refractivity contribution >= 4 is 39.2 Å². The second-order valence-corrected chi connectivity index (χ2v) is 6.27. The van der Waals surface area contributed by atoms with Crippen LogP contribution < -0.4 is 0 Å². The summed E-state index contributed by atoms with van der Waals surface area (Å²) < 4.78 is 1.04. The molecule has 0 saturated carbocycles. The van der Waals surface area contributed by atoms with Gasteiger partial charge in [-0.1, -0.05) is 22.0 Å². The fourth-order valence-corrected chi connectivity index (χ4v) is 3.15. The van der Waals surface area contributed by atoms with E-state index in [4.69, 9.17) is 0 Å². The van der Waals surface area contributed by atoms with Crippen molar-refractivity contribution in [2.45, 2.75) is 13.0 Å². The van der Waals surface area contributed by atoms with E-state index in [2.05, 4.69) is 33.0 Å². The number of halogens is 1. The Balaban J connectivity index is 1.84. The molecule has 0 bridgehead atoms. The van der Waals surface area contributed by atoms with E-state index in [0.29, 0.717) is 19.5 Å². The van der Waals surface area contributed by atoms with Gasteiger partial charge in [0.05, 0.1) is 13.1 Å². The van der Waals surface area contributed by atoms with Crippen LogP contribution in [0.1, 0.15) is 11.3 Å². The zero-order valence-corrected chi connectivity index (χ0v) is 13.3. The van der Waals surface area contributed by atoms with Gasteiger partial charge in [0.15, 0.2) is 0 Å². The highest BCUT2D eigenvalue weighted by atomic mass is 79.9. The summed E-state index contributed by atoms with van der Waals surface area (Å²) in [7, 11) is 1.61.